The first-order valence-corrected chi connectivity index (χ1v) is 11.1. The Bertz CT molecular complexity index is 694. The Balaban J connectivity index is 2.91. The lowest BCUT2D eigenvalue weighted by Gasteiger charge is -2.37. The van der Waals surface area contributed by atoms with Crippen molar-refractivity contribution in [3.05, 3.63) is 23.3 Å². The zero-order chi connectivity index (χ0) is 17.7. The van der Waals surface area contributed by atoms with Gasteiger partial charge in [-0.15, -0.1) is 0 Å². The van der Waals surface area contributed by atoms with Gasteiger partial charge in [0.2, 0.25) is 0 Å². The van der Waals surface area contributed by atoms with Crippen molar-refractivity contribution < 1.29 is 4.58 Å². The lowest BCUT2D eigenvalue weighted by atomic mass is 10.1. The first-order valence-electron chi connectivity index (χ1n) is 8.32. The monoisotopic (exact) mass is 352 g/mol. The SMILES string of the molecule is Cc1cc(C)c2c(c1)[P@@](=S)(N(C(C)C)C(C)C)C(=[N+](C)C)N2C. The lowest BCUT2D eigenvalue weighted by molar-refractivity contribution is -0.462. The Morgan fingerprint density at radius 3 is 2.04 bits per heavy atom. The highest BCUT2D eigenvalue weighted by atomic mass is 32.4. The minimum Gasteiger partial charge on any atom is -0.265 e. The average molecular weight is 353 g/mol. The summed E-state index contributed by atoms with van der Waals surface area (Å²) >= 11 is 6.51. The van der Waals surface area contributed by atoms with E-state index < -0.39 is 6.19 Å². The number of nitrogens with zero attached hydrogens (tertiary/aromatic N) is 3. The van der Waals surface area contributed by atoms with Gasteiger partial charge >= 0.3 is 0 Å². The first-order chi connectivity index (χ1) is 10.5. The molecular weight excluding hydrogens is 321 g/mol. The Hall–Kier alpha value is -0.700. The van der Waals surface area contributed by atoms with Crippen LogP contribution in [0.2, 0.25) is 0 Å². The van der Waals surface area contributed by atoms with Gasteiger partial charge in [-0.1, -0.05) is 17.9 Å². The van der Waals surface area contributed by atoms with Gasteiger partial charge in [0, 0.05) is 12.1 Å². The fraction of sp³-hybridized carbons (Fsp3) is 0.611. The molecule has 1 aliphatic heterocycles. The molecule has 1 heterocycles. The van der Waals surface area contributed by atoms with E-state index in [4.69, 9.17) is 11.8 Å². The number of amidine groups is 1. The summed E-state index contributed by atoms with van der Waals surface area (Å²) in [5, 5.41) is 1.36. The second-order valence-electron chi connectivity index (χ2n) is 7.35. The molecule has 0 aliphatic carbocycles. The molecule has 0 N–H and O–H groups in total. The summed E-state index contributed by atoms with van der Waals surface area (Å²) < 4.78 is 4.80. The molecule has 128 valence electrons. The van der Waals surface area contributed by atoms with Gasteiger partial charge in [0.05, 0.1) is 26.4 Å². The van der Waals surface area contributed by atoms with Crippen LogP contribution in [0.5, 0.6) is 0 Å². The number of hydrogen-bond donors (Lipinski definition) is 0. The molecule has 1 aliphatic rings. The van der Waals surface area contributed by atoms with E-state index in [2.05, 4.69) is 89.0 Å². The standard InChI is InChI=1S/C18H31N3PS/c1-12(2)21(13(3)4)22(23)16-11-14(5)10-15(6)17(16)20(9)18(22)19(7)8/h10-13H,1-9H3/q+1/t22-/m0/s1. The second kappa shape index (κ2) is 6.31. The molecule has 3 nitrogen and oxygen atoms in total. The maximum Gasteiger partial charge on any atom is 0.300 e. The molecular formula is C18H31N3PS+. The van der Waals surface area contributed by atoms with Crippen molar-refractivity contribution in [2.45, 2.75) is 53.6 Å². The fourth-order valence-electron chi connectivity index (χ4n) is 4.06. The molecule has 1 aromatic carbocycles. The summed E-state index contributed by atoms with van der Waals surface area (Å²) in [6.45, 7) is 13.4. The van der Waals surface area contributed by atoms with E-state index in [1.807, 2.05) is 0 Å². The number of rotatable bonds is 3. The Labute approximate surface area is 147 Å². The molecule has 2 rings (SSSR count). The molecule has 5 heteroatoms. The van der Waals surface area contributed by atoms with Crippen LogP contribution in [0, 0.1) is 13.8 Å². The van der Waals surface area contributed by atoms with Gasteiger partial charge in [0.25, 0.3) is 5.58 Å². The summed E-state index contributed by atoms with van der Waals surface area (Å²) in [7, 11) is 6.42. The van der Waals surface area contributed by atoms with Crippen molar-refractivity contribution in [3.8, 4) is 0 Å². The van der Waals surface area contributed by atoms with Crippen LogP contribution in [0.25, 0.3) is 0 Å². The quantitative estimate of drug-likeness (QED) is 0.609. The van der Waals surface area contributed by atoms with Crippen molar-refractivity contribution in [1.29, 1.82) is 0 Å². The van der Waals surface area contributed by atoms with Crippen molar-refractivity contribution >= 4 is 34.6 Å². The largest absolute Gasteiger partial charge is 0.300 e. The van der Waals surface area contributed by atoms with Crippen molar-refractivity contribution in [2.24, 2.45) is 0 Å². The summed E-state index contributed by atoms with van der Waals surface area (Å²) in [6.07, 6.45) is -2.02. The molecule has 0 spiro atoms. The van der Waals surface area contributed by atoms with E-state index in [0.717, 1.165) is 0 Å². The average Bonchev–Trinajstić information content (AvgIpc) is 2.56. The molecule has 0 saturated heterocycles. The number of anilines is 1. The predicted octanol–water partition coefficient (Wildman–Crippen LogP) is 3.52. The van der Waals surface area contributed by atoms with Gasteiger partial charge in [-0.05, 0) is 58.7 Å². The number of fused-ring (bicyclic) bond motifs is 1. The van der Waals surface area contributed by atoms with Crippen LogP contribution in [0.3, 0.4) is 0 Å². The Morgan fingerprint density at radius 2 is 1.61 bits per heavy atom. The number of aryl methyl sites for hydroxylation is 2. The van der Waals surface area contributed by atoms with E-state index >= 15 is 0 Å². The Morgan fingerprint density at radius 1 is 1.09 bits per heavy atom. The first kappa shape index (κ1) is 18.6. The predicted molar refractivity (Wildman–Crippen MR) is 107 cm³/mol. The van der Waals surface area contributed by atoms with Gasteiger partial charge < -0.3 is 0 Å². The minimum absolute atomic E-state index is 0.413. The highest BCUT2D eigenvalue weighted by Crippen LogP contribution is 2.60. The van der Waals surface area contributed by atoms with Crippen LogP contribution in [-0.4, -0.2) is 48.0 Å². The highest BCUT2D eigenvalue weighted by Gasteiger charge is 2.52. The fourth-order valence-corrected chi connectivity index (χ4v) is 10.5. The molecule has 1 aromatic rings. The van der Waals surface area contributed by atoms with Crippen LogP contribution in [0.4, 0.5) is 5.69 Å². The minimum atomic E-state index is -2.02. The van der Waals surface area contributed by atoms with Gasteiger partial charge in [-0.2, -0.15) is 0 Å². The van der Waals surface area contributed by atoms with Gasteiger partial charge in [-0.3, -0.25) is 9.25 Å². The van der Waals surface area contributed by atoms with E-state index in [9.17, 15) is 0 Å². The second-order valence-corrected chi connectivity index (χ2v) is 11.4. The van der Waals surface area contributed by atoms with Crippen LogP contribution < -0.4 is 10.2 Å². The van der Waals surface area contributed by atoms with Crippen molar-refractivity contribution in [1.82, 2.24) is 4.67 Å². The third-order valence-corrected chi connectivity index (χ3v) is 9.90. The molecule has 23 heavy (non-hydrogen) atoms. The molecule has 1 atom stereocenters. The number of benzene rings is 1. The molecule has 0 fully saturated rings. The highest BCUT2D eigenvalue weighted by molar-refractivity contribution is 8.25. The third-order valence-electron chi connectivity index (χ3n) is 4.44. The van der Waals surface area contributed by atoms with E-state index in [1.54, 1.807) is 0 Å². The van der Waals surface area contributed by atoms with Gasteiger partial charge in [-0.25, -0.2) is 4.90 Å². The smallest absolute Gasteiger partial charge is 0.265 e. The molecule has 0 unspecified atom stereocenters. The van der Waals surface area contributed by atoms with E-state index in [-0.39, 0.29) is 0 Å². The maximum absolute atomic E-state index is 6.51. The van der Waals surface area contributed by atoms with Gasteiger partial charge in [0.1, 0.15) is 5.69 Å². The van der Waals surface area contributed by atoms with Gasteiger partial charge in [0.15, 0.2) is 6.19 Å². The third kappa shape index (κ3) is 2.79. The van der Waals surface area contributed by atoms with E-state index in [1.165, 1.54) is 27.7 Å². The summed E-state index contributed by atoms with van der Waals surface area (Å²) in [4.78, 5) is 2.34. The van der Waals surface area contributed by atoms with Crippen LogP contribution >= 0.6 is 6.19 Å². The van der Waals surface area contributed by atoms with Crippen LogP contribution in [0.1, 0.15) is 38.8 Å². The topological polar surface area (TPSA) is 9.49 Å². The van der Waals surface area contributed by atoms with Crippen LogP contribution in [0.15, 0.2) is 12.1 Å². The maximum atomic E-state index is 6.51. The van der Waals surface area contributed by atoms with Crippen molar-refractivity contribution in [2.75, 3.05) is 26.0 Å². The Kier molecular flexibility index (Phi) is 5.11. The summed E-state index contributed by atoms with van der Waals surface area (Å²) in [5.74, 6) is 0. The van der Waals surface area contributed by atoms with Crippen molar-refractivity contribution in [3.63, 3.8) is 0 Å². The molecule has 0 amide bonds. The molecule has 0 saturated carbocycles. The van der Waals surface area contributed by atoms with E-state index in [0.29, 0.717) is 12.1 Å². The number of hydrogen-bond acceptors (Lipinski definition) is 1. The zero-order valence-electron chi connectivity index (χ0n) is 16.0. The summed E-state index contributed by atoms with van der Waals surface area (Å²) in [6, 6.07) is 5.42. The molecule has 0 aromatic heterocycles. The summed E-state index contributed by atoms with van der Waals surface area (Å²) in [5.41, 5.74) is 5.21. The normalized spacial score (nSPS) is 20.9. The molecule has 0 radical (unpaired) electrons. The molecule has 0 bridgehead atoms. The zero-order valence-corrected chi connectivity index (χ0v) is 17.7. The lowest BCUT2D eigenvalue weighted by Crippen LogP contribution is -2.41. The van der Waals surface area contributed by atoms with Crippen LogP contribution in [-0.2, 0) is 11.8 Å².